The molecule has 1 atom stereocenters. The Balaban J connectivity index is 1.49. The van der Waals surface area contributed by atoms with Gasteiger partial charge in [0, 0.05) is 31.9 Å². The Morgan fingerprint density at radius 2 is 2.12 bits per heavy atom. The molecule has 2 N–H and O–H groups in total. The molecule has 2 aromatic rings. The van der Waals surface area contributed by atoms with Gasteiger partial charge >= 0.3 is 0 Å². The van der Waals surface area contributed by atoms with Crippen molar-refractivity contribution < 1.29 is 14.3 Å². The van der Waals surface area contributed by atoms with Crippen LogP contribution in [0.15, 0.2) is 42.7 Å². The molecule has 0 saturated carbocycles. The third-order valence-corrected chi connectivity index (χ3v) is 4.53. The number of piperidine rings is 1. The van der Waals surface area contributed by atoms with E-state index in [2.05, 4.69) is 15.3 Å². The van der Waals surface area contributed by atoms with Crippen LogP contribution in [0.2, 0.25) is 0 Å². The van der Waals surface area contributed by atoms with E-state index in [0.717, 1.165) is 18.5 Å². The molecule has 1 aromatic carbocycles. The smallest absolute Gasteiger partial charge is 0.225 e. The Morgan fingerprint density at radius 3 is 2.88 bits per heavy atom. The Labute approximate surface area is 152 Å². The number of nitrogens with one attached hydrogen (secondary N) is 1. The van der Waals surface area contributed by atoms with E-state index in [0.29, 0.717) is 25.3 Å². The van der Waals surface area contributed by atoms with Crippen molar-refractivity contribution in [1.29, 1.82) is 0 Å². The van der Waals surface area contributed by atoms with E-state index >= 15 is 0 Å². The van der Waals surface area contributed by atoms with Gasteiger partial charge in [0.05, 0.1) is 12.1 Å². The normalized spacial score (nSPS) is 20.0. The molecule has 1 aliphatic rings. The summed E-state index contributed by atoms with van der Waals surface area (Å²) in [7, 11) is 0. The topological polar surface area (TPSA) is 78.4 Å². The van der Waals surface area contributed by atoms with Gasteiger partial charge in [-0.25, -0.2) is 14.4 Å². The van der Waals surface area contributed by atoms with Crippen molar-refractivity contribution in [3.8, 4) is 0 Å². The Hall–Kier alpha value is -2.54. The molecule has 0 spiro atoms. The van der Waals surface area contributed by atoms with Crippen LogP contribution in [0.4, 0.5) is 10.3 Å². The molecule has 0 unspecified atom stereocenters. The molecule has 0 bridgehead atoms. The monoisotopic (exact) mass is 358 g/mol. The zero-order valence-corrected chi connectivity index (χ0v) is 14.6. The van der Waals surface area contributed by atoms with Gasteiger partial charge in [-0.2, -0.15) is 0 Å². The summed E-state index contributed by atoms with van der Waals surface area (Å²) < 4.78 is 13.2. The molecule has 1 fully saturated rings. The Morgan fingerprint density at radius 1 is 1.31 bits per heavy atom. The number of nitrogens with zero attached hydrogens (tertiary/aromatic N) is 3. The number of anilines is 1. The average Bonchev–Trinajstić information content (AvgIpc) is 2.66. The number of hydrogen-bond donors (Lipinski definition) is 2. The number of aromatic nitrogens is 2. The van der Waals surface area contributed by atoms with Gasteiger partial charge < -0.3 is 15.3 Å². The van der Waals surface area contributed by atoms with Crippen LogP contribution in [0.5, 0.6) is 0 Å². The fourth-order valence-electron chi connectivity index (χ4n) is 3.18. The molecule has 0 radical (unpaired) electrons. The van der Waals surface area contributed by atoms with E-state index in [1.807, 2.05) is 4.90 Å². The number of β-amino-alcohol motifs (C(OH)–C–C–N with tert-alkyl or cyclic N) is 1. The molecular formula is C19H23FN4O2. The highest BCUT2D eigenvalue weighted by Gasteiger charge is 2.34. The van der Waals surface area contributed by atoms with Crippen LogP contribution in [0.3, 0.4) is 0 Å². The lowest BCUT2D eigenvalue weighted by Gasteiger charge is -2.39. The Kier molecular flexibility index (Phi) is 5.78. The van der Waals surface area contributed by atoms with Crippen LogP contribution in [0, 0.1) is 5.82 Å². The number of amides is 1. The summed E-state index contributed by atoms with van der Waals surface area (Å²) in [5, 5.41) is 13.6. The van der Waals surface area contributed by atoms with E-state index < -0.39 is 5.60 Å². The van der Waals surface area contributed by atoms with E-state index in [-0.39, 0.29) is 24.7 Å². The first-order valence-electron chi connectivity index (χ1n) is 8.80. The summed E-state index contributed by atoms with van der Waals surface area (Å²) in [5.41, 5.74) is -0.227. The number of halogens is 1. The van der Waals surface area contributed by atoms with Gasteiger partial charge in [-0.3, -0.25) is 4.79 Å². The second kappa shape index (κ2) is 8.23. The highest BCUT2D eigenvalue weighted by Crippen LogP contribution is 2.23. The molecule has 1 aliphatic heterocycles. The molecule has 6 nitrogen and oxygen atoms in total. The van der Waals surface area contributed by atoms with E-state index in [4.69, 9.17) is 0 Å². The predicted molar refractivity (Wildman–Crippen MR) is 96.2 cm³/mol. The molecular weight excluding hydrogens is 335 g/mol. The molecule has 1 saturated heterocycles. The highest BCUT2D eigenvalue weighted by atomic mass is 19.1. The van der Waals surface area contributed by atoms with Gasteiger partial charge in [0.15, 0.2) is 0 Å². The number of rotatable bonds is 6. The fraction of sp³-hybridized carbons (Fsp3) is 0.421. The lowest BCUT2D eigenvalue weighted by atomic mass is 9.93. The van der Waals surface area contributed by atoms with Gasteiger partial charge in [0.2, 0.25) is 11.9 Å². The maximum Gasteiger partial charge on any atom is 0.225 e. The quantitative estimate of drug-likeness (QED) is 0.822. The molecule has 3 rings (SSSR count). The molecule has 2 heterocycles. The van der Waals surface area contributed by atoms with Crippen LogP contribution < -0.4 is 10.2 Å². The Bertz CT molecular complexity index is 743. The first-order valence-corrected chi connectivity index (χ1v) is 8.80. The third-order valence-electron chi connectivity index (χ3n) is 4.53. The van der Waals surface area contributed by atoms with Crippen molar-refractivity contribution in [3.63, 3.8) is 0 Å². The number of benzene rings is 1. The zero-order chi connectivity index (χ0) is 18.4. The number of hydrogen-bond acceptors (Lipinski definition) is 5. The lowest BCUT2D eigenvalue weighted by Crippen LogP contribution is -2.54. The summed E-state index contributed by atoms with van der Waals surface area (Å²) >= 11 is 0. The van der Waals surface area contributed by atoms with Gasteiger partial charge in [-0.1, -0.05) is 12.1 Å². The second-order valence-electron chi connectivity index (χ2n) is 6.70. The number of aliphatic hydroxyl groups is 1. The maximum absolute atomic E-state index is 13.2. The largest absolute Gasteiger partial charge is 0.386 e. The van der Waals surface area contributed by atoms with Crippen molar-refractivity contribution in [1.82, 2.24) is 15.3 Å². The molecule has 7 heteroatoms. The fourth-order valence-corrected chi connectivity index (χ4v) is 3.18. The summed E-state index contributed by atoms with van der Waals surface area (Å²) in [5.74, 6) is 0.126. The van der Waals surface area contributed by atoms with Gasteiger partial charge in [-0.05, 0) is 43.0 Å². The summed E-state index contributed by atoms with van der Waals surface area (Å²) in [4.78, 5) is 22.5. The maximum atomic E-state index is 13.2. The summed E-state index contributed by atoms with van der Waals surface area (Å²) in [6.45, 7) is 1.33. The van der Waals surface area contributed by atoms with Crippen molar-refractivity contribution in [2.24, 2.45) is 0 Å². The van der Waals surface area contributed by atoms with Crippen molar-refractivity contribution in [3.05, 3.63) is 54.1 Å². The van der Waals surface area contributed by atoms with Crippen molar-refractivity contribution in [2.45, 2.75) is 31.3 Å². The average molecular weight is 358 g/mol. The molecule has 1 aromatic heterocycles. The standard InChI is InChI=1S/C19H23FN4O2/c20-16-5-1-4-15(12-16)6-7-17(25)23-13-19(26)8-2-11-24(14-19)18-21-9-3-10-22-18/h1,3-5,9-10,12,26H,2,6-8,11,13-14H2,(H,23,25)/t19-/m1/s1. The molecule has 1 amide bonds. The minimum atomic E-state index is -1.01. The minimum absolute atomic E-state index is 0.157. The van der Waals surface area contributed by atoms with Gasteiger partial charge in [0.1, 0.15) is 5.82 Å². The summed E-state index contributed by atoms with van der Waals surface area (Å²) in [6.07, 6.45) is 5.47. The minimum Gasteiger partial charge on any atom is -0.386 e. The number of carbonyl (C=O) groups excluding carboxylic acids is 1. The van der Waals surface area contributed by atoms with Crippen molar-refractivity contribution >= 4 is 11.9 Å². The van der Waals surface area contributed by atoms with E-state index in [1.165, 1.54) is 12.1 Å². The number of aryl methyl sites for hydroxylation is 1. The molecule has 26 heavy (non-hydrogen) atoms. The summed E-state index contributed by atoms with van der Waals surface area (Å²) in [6, 6.07) is 7.98. The van der Waals surface area contributed by atoms with Crippen LogP contribution in [0.1, 0.15) is 24.8 Å². The first-order chi connectivity index (χ1) is 12.5. The SMILES string of the molecule is O=C(CCc1cccc(F)c1)NC[C@]1(O)CCCN(c2ncccn2)C1. The lowest BCUT2D eigenvalue weighted by molar-refractivity contribution is -0.122. The van der Waals surface area contributed by atoms with E-state index in [9.17, 15) is 14.3 Å². The van der Waals surface area contributed by atoms with Crippen LogP contribution >= 0.6 is 0 Å². The predicted octanol–water partition coefficient (Wildman–Crippen LogP) is 1.70. The highest BCUT2D eigenvalue weighted by molar-refractivity contribution is 5.76. The number of carbonyl (C=O) groups is 1. The van der Waals surface area contributed by atoms with Crippen LogP contribution in [-0.4, -0.2) is 46.2 Å². The third kappa shape index (κ3) is 4.98. The van der Waals surface area contributed by atoms with Gasteiger partial charge in [-0.15, -0.1) is 0 Å². The van der Waals surface area contributed by atoms with Crippen LogP contribution in [0.25, 0.3) is 0 Å². The van der Waals surface area contributed by atoms with Crippen molar-refractivity contribution in [2.75, 3.05) is 24.5 Å². The van der Waals surface area contributed by atoms with Gasteiger partial charge in [0.25, 0.3) is 0 Å². The first kappa shape index (κ1) is 18.3. The van der Waals surface area contributed by atoms with Crippen LogP contribution in [-0.2, 0) is 11.2 Å². The second-order valence-corrected chi connectivity index (χ2v) is 6.70. The molecule has 0 aliphatic carbocycles. The molecule has 138 valence electrons. The zero-order valence-electron chi connectivity index (χ0n) is 14.6. The van der Waals surface area contributed by atoms with E-state index in [1.54, 1.807) is 30.6 Å².